The number of aliphatic hydroxyl groups is 1. The lowest BCUT2D eigenvalue weighted by Gasteiger charge is -2.64. The van der Waals surface area contributed by atoms with Crippen LogP contribution in [0, 0.1) is 45.8 Å². The fourth-order valence-corrected chi connectivity index (χ4v) is 10.4. The fraction of sp³-hybridized carbons (Fsp3) is 0.966. The molecule has 4 saturated carbocycles. The maximum Gasteiger partial charge on any atom is 0.138 e. The predicted octanol–water partition coefficient (Wildman–Crippen LogP) is 6.56. The number of rotatable bonds is 2. The molecule has 0 radical (unpaired) electrons. The Morgan fingerprint density at radius 2 is 1.38 bits per heavy atom. The van der Waals surface area contributed by atoms with Gasteiger partial charge < -0.3 is 9.84 Å². The minimum Gasteiger partial charge on any atom is -0.388 e. The van der Waals surface area contributed by atoms with E-state index in [9.17, 15) is 9.90 Å². The van der Waals surface area contributed by atoms with E-state index in [2.05, 4.69) is 34.6 Å². The first kappa shape index (κ1) is 23.3. The van der Waals surface area contributed by atoms with E-state index in [-0.39, 0.29) is 17.1 Å². The summed E-state index contributed by atoms with van der Waals surface area (Å²) in [6.07, 6.45) is 11.8. The molecule has 182 valence electrons. The standard InChI is InChI=1S/C29H48O3/c1-25(2)22-11-10-18-19(28(22,6)16-13-23(25)30)8-9-20-21(12-15-27(18,20)5)29(7)17-14-24(32-29)26(3,4)31/h18-22,24,31H,8-17H2,1-7H3/t18-,19+,20+,21+,22-,24+,27-,28-,29-/m1/s1. The Balaban J connectivity index is 1.40. The quantitative estimate of drug-likeness (QED) is 0.525. The van der Waals surface area contributed by atoms with E-state index in [0.29, 0.717) is 28.4 Å². The number of ether oxygens (including phenoxy) is 1. The first-order valence-corrected chi connectivity index (χ1v) is 13.7. The number of carbonyl (C=O) groups excluding carboxylic acids is 1. The van der Waals surface area contributed by atoms with Gasteiger partial charge in [0.2, 0.25) is 0 Å². The molecule has 3 heteroatoms. The smallest absolute Gasteiger partial charge is 0.138 e. The molecule has 1 heterocycles. The van der Waals surface area contributed by atoms with Gasteiger partial charge in [-0.1, -0.05) is 27.7 Å². The van der Waals surface area contributed by atoms with Gasteiger partial charge in [-0.25, -0.2) is 0 Å². The minimum atomic E-state index is -0.754. The second-order valence-electron chi connectivity index (χ2n) is 14.4. The van der Waals surface area contributed by atoms with Crippen LogP contribution in [-0.4, -0.2) is 28.2 Å². The van der Waals surface area contributed by atoms with E-state index >= 15 is 0 Å². The second kappa shape index (κ2) is 7.06. The van der Waals surface area contributed by atoms with E-state index in [4.69, 9.17) is 4.74 Å². The maximum absolute atomic E-state index is 12.8. The second-order valence-corrected chi connectivity index (χ2v) is 14.4. The highest BCUT2D eigenvalue weighted by molar-refractivity contribution is 5.85. The lowest BCUT2D eigenvalue weighted by Crippen LogP contribution is -2.59. The average Bonchev–Trinajstić information content (AvgIpc) is 3.27. The summed E-state index contributed by atoms with van der Waals surface area (Å²) in [6, 6.07) is 0. The van der Waals surface area contributed by atoms with Gasteiger partial charge >= 0.3 is 0 Å². The van der Waals surface area contributed by atoms with Crippen molar-refractivity contribution in [2.24, 2.45) is 45.8 Å². The van der Waals surface area contributed by atoms with Crippen molar-refractivity contribution in [3.63, 3.8) is 0 Å². The number of ketones is 1. The van der Waals surface area contributed by atoms with E-state index in [1.165, 1.54) is 38.5 Å². The zero-order chi connectivity index (χ0) is 23.3. The number of carbonyl (C=O) groups is 1. The summed E-state index contributed by atoms with van der Waals surface area (Å²) >= 11 is 0. The van der Waals surface area contributed by atoms with Crippen LogP contribution in [0.4, 0.5) is 0 Å². The van der Waals surface area contributed by atoms with Crippen LogP contribution < -0.4 is 0 Å². The summed E-state index contributed by atoms with van der Waals surface area (Å²) in [5, 5.41) is 10.6. The number of Topliss-reactive ketones (excluding diaryl/α,β-unsaturated/α-hetero) is 1. The van der Waals surface area contributed by atoms with E-state index in [1.54, 1.807) is 0 Å². The van der Waals surface area contributed by atoms with Crippen LogP contribution in [0.15, 0.2) is 0 Å². The van der Waals surface area contributed by atoms with Gasteiger partial charge in [-0.3, -0.25) is 4.79 Å². The molecule has 0 bridgehead atoms. The number of hydrogen-bond acceptors (Lipinski definition) is 3. The Kier molecular flexibility index (Phi) is 5.15. The first-order chi connectivity index (χ1) is 14.7. The summed E-state index contributed by atoms with van der Waals surface area (Å²) in [5.41, 5.74) is -0.250. The van der Waals surface area contributed by atoms with Crippen LogP contribution in [0.1, 0.15) is 113 Å². The molecule has 5 fully saturated rings. The molecular weight excluding hydrogens is 396 g/mol. The van der Waals surface area contributed by atoms with E-state index in [1.807, 2.05) is 13.8 Å². The van der Waals surface area contributed by atoms with Crippen LogP contribution in [0.2, 0.25) is 0 Å². The average molecular weight is 445 g/mol. The fourth-order valence-electron chi connectivity index (χ4n) is 10.4. The third kappa shape index (κ3) is 3.08. The summed E-state index contributed by atoms with van der Waals surface area (Å²) in [7, 11) is 0. The van der Waals surface area contributed by atoms with Gasteiger partial charge in [0.05, 0.1) is 17.3 Å². The molecular formula is C29H48O3. The molecule has 0 aromatic heterocycles. The Morgan fingerprint density at radius 3 is 2.00 bits per heavy atom. The van der Waals surface area contributed by atoms with Crippen molar-refractivity contribution in [1.29, 1.82) is 0 Å². The zero-order valence-corrected chi connectivity index (χ0v) is 21.8. The van der Waals surface area contributed by atoms with E-state index in [0.717, 1.165) is 43.4 Å². The Labute approximate surface area is 196 Å². The minimum absolute atomic E-state index is 0.0351. The van der Waals surface area contributed by atoms with Gasteiger partial charge in [0.1, 0.15) is 5.78 Å². The Morgan fingerprint density at radius 1 is 0.781 bits per heavy atom. The molecule has 32 heavy (non-hydrogen) atoms. The zero-order valence-electron chi connectivity index (χ0n) is 21.8. The number of hydrogen-bond donors (Lipinski definition) is 1. The van der Waals surface area contributed by atoms with Crippen LogP contribution in [0.25, 0.3) is 0 Å². The molecule has 0 unspecified atom stereocenters. The van der Waals surface area contributed by atoms with E-state index < -0.39 is 5.60 Å². The third-order valence-electron chi connectivity index (χ3n) is 12.2. The molecule has 1 aliphatic heterocycles. The van der Waals surface area contributed by atoms with Crippen molar-refractivity contribution in [2.75, 3.05) is 0 Å². The van der Waals surface area contributed by atoms with Crippen LogP contribution in [0.5, 0.6) is 0 Å². The topological polar surface area (TPSA) is 46.5 Å². The molecule has 1 saturated heterocycles. The van der Waals surface area contributed by atoms with Gasteiger partial charge in [-0.05, 0) is 119 Å². The van der Waals surface area contributed by atoms with Gasteiger partial charge in [-0.15, -0.1) is 0 Å². The highest BCUT2D eigenvalue weighted by Gasteiger charge is 2.65. The Hall–Kier alpha value is -0.410. The normalized spacial score (nSPS) is 52.9. The van der Waals surface area contributed by atoms with Crippen molar-refractivity contribution in [3.05, 3.63) is 0 Å². The summed E-state index contributed by atoms with van der Waals surface area (Å²) in [6.45, 7) is 15.8. The van der Waals surface area contributed by atoms with Crippen molar-refractivity contribution in [3.8, 4) is 0 Å². The van der Waals surface area contributed by atoms with Crippen LogP contribution in [-0.2, 0) is 9.53 Å². The molecule has 4 aliphatic carbocycles. The highest BCUT2D eigenvalue weighted by atomic mass is 16.5. The lowest BCUT2D eigenvalue weighted by molar-refractivity contribution is -0.177. The van der Waals surface area contributed by atoms with Crippen molar-refractivity contribution < 1.29 is 14.6 Å². The first-order valence-electron chi connectivity index (χ1n) is 13.7. The summed E-state index contributed by atoms with van der Waals surface area (Å²) < 4.78 is 6.68. The molecule has 0 spiro atoms. The van der Waals surface area contributed by atoms with Gasteiger partial charge in [0.15, 0.2) is 0 Å². The van der Waals surface area contributed by atoms with Crippen molar-refractivity contribution in [2.45, 2.75) is 130 Å². The van der Waals surface area contributed by atoms with Crippen LogP contribution in [0.3, 0.4) is 0 Å². The molecule has 0 aromatic rings. The molecule has 3 nitrogen and oxygen atoms in total. The molecule has 5 rings (SSSR count). The third-order valence-corrected chi connectivity index (χ3v) is 12.2. The molecule has 5 aliphatic rings. The van der Waals surface area contributed by atoms with Crippen LogP contribution >= 0.6 is 0 Å². The SMILES string of the molecule is CC(C)(O)[C@@H]1CC[C@](C)([C@H]2CC[C@]3(C)[C@@H]4CC[C@@H]5C(C)(C)C(=O)CC[C@]5(C)[C@H]4CC[C@@H]23)O1. The molecule has 1 N–H and O–H groups in total. The number of fused-ring (bicyclic) bond motifs is 5. The van der Waals surface area contributed by atoms with Crippen molar-refractivity contribution >= 4 is 5.78 Å². The Bertz CT molecular complexity index is 780. The monoisotopic (exact) mass is 444 g/mol. The lowest BCUT2D eigenvalue weighted by atomic mass is 9.40. The largest absolute Gasteiger partial charge is 0.388 e. The predicted molar refractivity (Wildman–Crippen MR) is 128 cm³/mol. The maximum atomic E-state index is 12.8. The van der Waals surface area contributed by atoms with Crippen molar-refractivity contribution in [1.82, 2.24) is 0 Å². The molecule has 0 aromatic carbocycles. The highest BCUT2D eigenvalue weighted by Crippen LogP contribution is 2.71. The van der Waals surface area contributed by atoms with Gasteiger partial charge in [0, 0.05) is 11.8 Å². The summed E-state index contributed by atoms with van der Waals surface area (Å²) in [4.78, 5) is 12.8. The molecule has 9 atom stereocenters. The molecule has 0 amide bonds. The van der Waals surface area contributed by atoms with Gasteiger partial charge in [-0.2, -0.15) is 0 Å². The van der Waals surface area contributed by atoms with Gasteiger partial charge in [0.25, 0.3) is 0 Å². The summed E-state index contributed by atoms with van der Waals surface area (Å²) in [5.74, 6) is 4.00.